The maximum Gasteiger partial charge on any atom is 0.187 e. The molecule has 0 saturated heterocycles. The van der Waals surface area contributed by atoms with Gasteiger partial charge in [0.25, 0.3) is 0 Å². The Morgan fingerprint density at radius 2 is 1.78 bits per heavy atom. The summed E-state index contributed by atoms with van der Waals surface area (Å²) in [6.45, 7) is 5.04. The minimum atomic E-state index is -4.02. The van der Waals surface area contributed by atoms with Crippen molar-refractivity contribution in [2.24, 2.45) is 0 Å². The van der Waals surface area contributed by atoms with E-state index < -0.39 is 32.8 Å². The van der Waals surface area contributed by atoms with Crippen molar-refractivity contribution in [2.45, 2.75) is 37.9 Å². The Balaban J connectivity index is 1.81. The number of aliphatic hydroxyl groups is 1. The molecule has 188 valence electrons. The fraction of sp³-hybridized carbons (Fsp3) is 0.292. The number of sulfone groups is 1. The lowest BCUT2D eigenvalue weighted by atomic mass is 10.1. The molecule has 0 bridgehead atoms. The smallest absolute Gasteiger partial charge is 0.187 e. The lowest BCUT2D eigenvalue weighted by Gasteiger charge is -2.19. The molecule has 0 aliphatic rings. The van der Waals surface area contributed by atoms with Crippen LogP contribution in [-0.4, -0.2) is 55.6 Å². The lowest BCUT2D eigenvalue weighted by molar-refractivity contribution is 0.165. The molecule has 0 amide bonds. The molecule has 3 aromatic heterocycles. The van der Waals surface area contributed by atoms with Crippen LogP contribution in [0, 0.1) is 19.7 Å². The second kappa shape index (κ2) is 10.1. The standard InChI is InChI=1S/C24H25FN6O4S/c1-14-7-5-10-19(35-4)21(14)31-20(29-30-24(31)18-9-6-8-15(2)28-18)13-36(33,34)16(3)22(32)23-26-11-17(25)12-27-23/h5-12,16,22,32H,13H2,1-4H3/t16-,22+/m0/s1. The molecule has 0 radical (unpaired) electrons. The molecule has 2 atom stereocenters. The van der Waals surface area contributed by atoms with E-state index >= 15 is 0 Å². The molecule has 1 aromatic carbocycles. The van der Waals surface area contributed by atoms with E-state index in [9.17, 15) is 17.9 Å². The van der Waals surface area contributed by atoms with Crippen LogP contribution >= 0.6 is 0 Å². The highest BCUT2D eigenvalue weighted by Gasteiger charge is 2.34. The van der Waals surface area contributed by atoms with Crippen LogP contribution in [0.3, 0.4) is 0 Å². The minimum Gasteiger partial charge on any atom is -0.495 e. The number of benzene rings is 1. The van der Waals surface area contributed by atoms with Crippen molar-refractivity contribution in [1.82, 2.24) is 29.7 Å². The van der Waals surface area contributed by atoms with Crippen LogP contribution in [0.5, 0.6) is 5.75 Å². The molecule has 0 unspecified atom stereocenters. The number of halogens is 1. The summed E-state index contributed by atoms with van der Waals surface area (Å²) >= 11 is 0. The molecule has 0 spiro atoms. The van der Waals surface area contributed by atoms with Crippen LogP contribution < -0.4 is 4.74 Å². The van der Waals surface area contributed by atoms with E-state index in [1.807, 2.05) is 38.1 Å². The van der Waals surface area contributed by atoms with Gasteiger partial charge in [-0.1, -0.05) is 18.2 Å². The summed E-state index contributed by atoms with van der Waals surface area (Å²) in [7, 11) is -2.50. The van der Waals surface area contributed by atoms with Crippen molar-refractivity contribution in [1.29, 1.82) is 0 Å². The molecule has 4 rings (SSSR count). The van der Waals surface area contributed by atoms with E-state index in [1.165, 1.54) is 14.0 Å². The SMILES string of the molecule is COc1cccc(C)c1-n1c(CS(=O)(=O)[C@@H](C)[C@@H](O)c2ncc(F)cn2)nnc1-c1cccc(C)n1. The number of hydrogen-bond donors (Lipinski definition) is 1. The second-order valence-electron chi connectivity index (χ2n) is 8.28. The summed E-state index contributed by atoms with van der Waals surface area (Å²) in [6, 6.07) is 10.9. The number of ether oxygens (including phenoxy) is 1. The van der Waals surface area contributed by atoms with Gasteiger partial charge in [-0.25, -0.2) is 27.8 Å². The first kappa shape index (κ1) is 25.3. The molecule has 4 aromatic rings. The minimum absolute atomic E-state index is 0.111. The van der Waals surface area contributed by atoms with Crippen LogP contribution in [-0.2, 0) is 15.6 Å². The summed E-state index contributed by atoms with van der Waals surface area (Å²) in [5.74, 6) is -0.497. The fourth-order valence-corrected chi connectivity index (χ4v) is 5.08. The highest BCUT2D eigenvalue weighted by atomic mass is 32.2. The monoisotopic (exact) mass is 512 g/mol. The van der Waals surface area contributed by atoms with Crippen molar-refractivity contribution in [3.8, 4) is 23.0 Å². The normalized spacial score (nSPS) is 13.4. The van der Waals surface area contributed by atoms with Gasteiger partial charge in [0, 0.05) is 5.69 Å². The van der Waals surface area contributed by atoms with Gasteiger partial charge in [0.05, 0.1) is 30.4 Å². The number of aryl methyl sites for hydroxylation is 2. The number of methoxy groups -OCH3 is 1. The third-order valence-corrected chi connectivity index (χ3v) is 7.79. The van der Waals surface area contributed by atoms with Gasteiger partial charge in [-0.2, -0.15) is 0 Å². The lowest BCUT2D eigenvalue weighted by Crippen LogP contribution is -2.29. The van der Waals surface area contributed by atoms with Crippen molar-refractivity contribution in [3.05, 3.63) is 77.5 Å². The Labute approximate surface area is 207 Å². The van der Waals surface area contributed by atoms with E-state index in [-0.39, 0.29) is 11.6 Å². The number of rotatable bonds is 8. The largest absolute Gasteiger partial charge is 0.495 e. The average molecular weight is 513 g/mol. The van der Waals surface area contributed by atoms with E-state index in [0.29, 0.717) is 23.0 Å². The van der Waals surface area contributed by atoms with E-state index in [2.05, 4.69) is 25.1 Å². The molecule has 12 heteroatoms. The number of para-hydroxylation sites is 1. The Bertz CT molecular complexity index is 1490. The average Bonchev–Trinajstić information content (AvgIpc) is 3.25. The first-order valence-electron chi connectivity index (χ1n) is 11.0. The maximum absolute atomic E-state index is 13.4. The number of hydrogen-bond acceptors (Lipinski definition) is 9. The first-order chi connectivity index (χ1) is 17.1. The molecule has 0 saturated carbocycles. The van der Waals surface area contributed by atoms with Crippen LogP contribution in [0.25, 0.3) is 17.2 Å². The summed E-state index contributed by atoms with van der Waals surface area (Å²) in [5.41, 5.74) is 2.63. The zero-order valence-electron chi connectivity index (χ0n) is 20.1. The summed E-state index contributed by atoms with van der Waals surface area (Å²) in [4.78, 5) is 12.0. The van der Waals surface area contributed by atoms with E-state index in [0.717, 1.165) is 23.7 Å². The topological polar surface area (TPSA) is 133 Å². The first-order valence-corrected chi connectivity index (χ1v) is 12.7. The summed E-state index contributed by atoms with van der Waals surface area (Å²) < 4.78 is 47.1. The number of aromatic nitrogens is 6. The number of aliphatic hydroxyl groups excluding tert-OH is 1. The van der Waals surface area contributed by atoms with Crippen molar-refractivity contribution in [3.63, 3.8) is 0 Å². The molecular weight excluding hydrogens is 487 g/mol. The molecule has 3 heterocycles. The molecule has 0 aliphatic carbocycles. The predicted octanol–water partition coefficient (Wildman–Crippen LogP) is 2.92. The third kappa shape index (κ3) is 4.95. The van der Waals surface area contributed by atoms with Gasteiger partial charge in [0.1, 0.15) is 23.3 Å². The van der Waals surface area contributed by atoms with Crippen LogP contribution in [0.15, 0.2) is 48.8 Å². The van der Waals surface area contributed by atoms with Gasteiger partial charge < -0.3 is 9.84 Å². The van der Waals surface area contributed by atoms with E-state index in [4.69, 9.17) is 4.74 Å². The second-order valence-corrected chi connectivity index (χ2v) is 10.6. The third-order valence-electron chi connectivity index (χ3n) is 5.74. The zero-order valence-corrected chi connectivity index (χ0v) is 20.9. The number of pyridine rings is 1. The van der Waals surface area contributed by atoms with Gasteiger partial charge in [0.15, 0.2) is 33.1 Å². The molecular formula is C24H25FN6O4S. The highest BCUT2D eigenvalue weighted by molar-refractivity contribution is 7.91. The van der Waals surface area contributed by atoms with Gasteiger partial charge in [-0.15, -0.1) is 10.2 Å². The van der Waals surface area contributed by atoms with Gasteiger partial charge in [-0.3, -0.25) is 4.57 Å². The Kier molecular flexibility index (Phi) is 7.09. The maximum atomic E-state index is 13.4. The number of nitrogens with zero attached hydrogens (tertiary/aromatic N) is 6. The predicted molar refractivity (Wildman–Crippen MR) is 130 cm³/mol. The van der Waals surface area contributed by atoms with Crippen molar-refractivity contribution < 1.29 is 22.7 Å². The molecule has 0 aliphatic heterocycles. The van der Waals surface area contributed by atoms with Gasteiger partial charge in [0.2, 0.25) is 0 Å². The molecule has 10 nitrogen and oxygen atoms in total. The van der Waals surface area contributed by atoms with E-state index in [1.54, 1.807) is 16.7 Å². The summed E-state index contributed by atoms with van der Waals surface area (Å²) in [5, 5.41) is 17.8. The molecule has 0 fully saturated rings. The molecule has 1 N–H and O–H groups in total. The Hall–Kier alpha value is -3.77. The Morgan fingerprint density at radius 3 is 2.44 bits per heavy atom. The zero-order chi connectivity index (χ0) is 26.0. The quantitative estimate of drug-likeness (QED) is 0.378. The van der Waals surface area contributed by atoms with Crippen LogP contribution in [0.4, 0.5) is 4.39 Å². The van der Waals surface area contributed by atoms with Crippen LogP contribution in [0.1, 0.15) is 35.9 Å². The van der Waals surface area contributed by atoms with Gasteiger partial charge in [-0.05, 0) is 44.5 Å². The fourth-order valence-electron chi connectivity index (χ4n) is 3.75. The van der Waals surface area contributed by atoms with Crippen molar-refractivity contribution >= 4 is 9.84 Å². The molecule has 36 heavy (non-hydrogen) atoms. The highest BCUT2D eigenvalue weighted by Crippen LogP contribution is 2.32. The van der Waals surface area contributed by atoms with Crippen LogP contribution in [0.2, 0.25) is 0 Å². The van der Waals surface area contributed by atoms with Gasteiger partial charge >= 0.3 is 0 Å². The Morgan fingerprint density at radius 1 is 1.08 bits per heavy atom. The summed E-state index contributed by atoms with van der Waals surface area (Å²) in [6.07, 6.45) is 0.165. The van der Waals surface area contributed by atoms with Crippen molar-refractivity contribution in [2.75, 3.05) is 7.11 Å².